The first-order chi connectivity index (χ1) is 22.9. The Morgan fingerprint density at radius 2 is 1.30 bits per heavy atom. The number of aryl methyl sites for hydroxylation is 2. The molecule has 9 nitrogen and oxygen atoms in total. The van der Waals surface area contributed by atoms with Gasteiger partial charge in [0.2, 0.25) is 0 Å². The zero-order valence-corrected chi connectivity index (χ0v) is 26.4. The summed E-state index contributed by atoms with van der Waals surface area (Å²) in [6.45, 7) is 0. The number of pyridine rings is 2. The topological polar surface area (TPSA) is 125 Å². The second-order valence-corrected chi connectivity index (χ2v) is 13.9. The van der Waals surface area contributed by atoms with Crippen molar-refractivity contribution in [2.75, 3.05) is 7.11 Å². The van der Waals surface area contributed by atoms with Crippen molar-refractivity contribution in [3.05, 3.63) is 98.7 Å². The third-order valence-electron chi connectivity index (χ3n) is 10.8. The molecule has 6 heterocycles. The normalized spacial score (nSPS) is 23.0. The fourth-order valence-corrected chi connectivity index (χ4v) is 8.39. The Balaban J connectivity index is 0.000000127. The van der Waals surface area contributed by atoms with Crippen molar-refractivity contribution >= 4 is 23.4 Å². The van der Waals surface area contributed by atoms with Crippen LogP contribution in [0.2, 0.25) is 5.15 Å². The molecule has 10 heteroatoms. The van der Waals surface area contributed by atoms with Crippen molar-refractivity contribution in [1.29, 1.82) is 0 Å². The van der Waals surface area contributed by atoms with Gasteiger partial charge < -0.3 is 25.3 Å². The molecule has 4 N–H and O–H groups in total. The van der Waals surface area contributed by atoms with E-state index in [2.05, 4.69) is 36.6 Å². The number of amides is 2. The van der Waals surface area contributed by atoms with Gasteiger partial charge in [-0.05, 0) is 97.2 Å². The smallest absolute Gasteiger partial charge is 0.253 e. The van der Waals surface area contributed by atoms with E-state index in [9.17, 15) is 9.59 Å². The quantitative estimate of drug-likeness (QED) is 0.179. The number of fused-ring (bicyclic) bond motifs is 14. The fourth-order valence-electron chi connectivity index (χ4n) is 8.23. The summed E-state index contributed by atoms with van der Waals surface area (Å²) < 4.78 is 5.25. The van der Waals surface area contributed by atoms with Crippen LogP contribution >= 0.6 is 11.6 Å². The summed E-state index contributed by atoms with van der Waals surface area (Å²) in [4.78, 5) is 40.8. The lowest BCUT2D eigenvalue weighted by Gasteiger charge is -2.18. The second kappa shape index (κ2) is 9.81. The minimum absolute atomic E-state index is 0.0832. The molecule has 234 valence electrons. The number of H-pyrrole nitrogens is 2. The fraction of sp³-hybridized carbons (Fsp3) is 0.297. The molecule has 1 aromatic carbocycles. The Morgan fingerprint density at radius 1 is 0.745 bits per heavy atom. The summed E-state index contributed by atoms with van der Waals surface area (Å²) in [5.74, 6) is 1.96. The summed E-state index contributed by atoms with van der Waals surface area (Å²) in [6, 6.07) is 12.7. The van der Waals surface area contributed by atoms with E-state index in [0.29, 0.717) is 29.1 Å². The van der Waals surface area contributed by atoms with Crippen LogP contribution in [0.5, 0.6) is 5.75 Å². The highest BCUT2D eigenvalue weighted by atomic mass is 35.5. The number of aromatic amines is 2. The molecule has 0 saturated heterocycles. The molecule has 11 rings (SSSR count). The standard InChI is InChI=1S/C22H19N3O2.C15H12ClN3O/c1-27-13-5-2-11(3-6-13)17-8-15-12(10-23-17)4-7-14-19-21(25-20(14)15)16-9-18(16)24-22(19)26;16-11-4-8-6(5-17-11)1-2-7-12-14(19-13(7)8)9-3-10(9)18-15(12)20/h2-3,5-6,8,10,16,18,25H,4,7,9H2,1H3,(H,24,26);4-5,9-10,19H,1-3H2,(H,18,20). The number of carbonyl (C=O) groups excluding carboxylic acids is 2. The average Bonchev–Trinajstić information content (AvgIpc) is 3.96. The van der Waals surface area contributed by atoms with Crippen LogP contribution in [0.15, 0.2) is 48.8 Å². The predicted octanol–water partition coefficient (Wildman–Crippen LogP) is 5.88. The van der Waals surface area contributed by atoms with Gasteiger partial charge in [0.1, 0.15) is 10.9 Å². The number of nitrogens with one attached hydrogen (secondary N) is 4. The first kappa shape index (κ1) is 27.2. The van der Waals surface area contributed by atoms with Crippen LogP contribution in [-0.2, 0) is 25.7 Å². The van der Waals surface area contributed by atoms with Crippen LogP contribution in [0.25, 0.3) is 33.8 Å². The van der Waals surface area contributed by atoms with E-state index in [0.717, 1.165) is 101 Å². The van der Waals surface area contributed by atoms with Gasteiger partial charge in [0.25, 0.3) is 11.8 Å². The number of carbonyl (C=O) groups is 2. The molecule has 2 fully saturated rings. The van der Waals surface area contributed by atoms with Gasteiger partial charge in [-0.2, -0.15) is 0 Å². The number of hydrogen-bond donors (Lipinski definition) is 4. The number of hydrogen-bond acceptors (Lipinski definition) is 5. The van der Waals surface area contributed by atoms with E-state index in [1.165, 1.54) is 22.3 Å². The molecular weight excluding hydrogens is 612 g/mol. The average molecular weight is 643 g/mol. The highest BCUT2D eigenvalue weighted by Crippen LogP contribution is 2.50. The zero-order chi connectivity index (χ0) is 31.6. The molecule has 4 aromatic heterocycles. The molecule has 2 saturated carbocycles. The van der Waals surface area contributed by atoms with E-state index in [-0.39, 0.29) is 11.8 Å². The minimum atomic E-state index is 0.0832. The van der Waals surface area contributed by atoms with Crippen molar-refractivity contribution in [2.24, 2.45) is 0 Å². The van der Waals surface area contributed by atoms with Crippen molar-refractivity contribution in [2.45, 2.75) is 62.4 Å². The van der Waals surface area contributed by atoms with E-state index in [1.807, 2.05) is 42.7 Å². The van der Waals surface area contributed by atoms with Crippen LogP contribution in [0, 0.1) is 0 Å². The Hall–Kier alpha value is -4.89. The number of rotatable bonds is 2. The SMILES string of the molecule is COc1ccc(-c2cc3c(cn2)CCc2c-3[nH]c3c2C(=O)NC2CC32)cc1.O=C1NC2CC2c2[nH]c3c(c21)CCc1cnc(Cl)cc1-3. The Kier molecular flexibility index (Phi) is 5.69. The molecule has 5 aromatic rings. The maximum atomic E-state index is 12.6. The molecule has 0 bridgehead atoms. The van der Waals surface area contributed by atoms with Gasteiger partial charge >= 0.3 is 0 Å². The van der Waals surface area contributed by atoms with Crippen LogP contribution < -0.4 is 15.4 Å². The predicted molar refractivity (Wildman–Crippen MR) is 177 cm³/mol. The number of ether oxygens (including phenoxy) is 1. The third kappa shape index (κ3) is 4.15. The Bertz CT molecular complexity index is 2180. The van der Waals surface area contributed by atoms with Gasteiger partial charge in [-0.25, -0.2) is 4.98 Å². The van der Waals surface area contributed by atoms with Crippen molar-refractivity contribution in [3.63, 3.8) is 0 Å². The molecule has 2 aliphatic heterocycles. The molecule has 4 aliphatic carbocycles. The van der Waals surface area contributed by atoms with Crippen LogP contribution in [0.3, 0.4) is 0 Å². The summed E-state index contributed by atoms with van der Waals surface area (Å²) in [7, 11) is 1.67. The van der Waals surface area contributed by atoms with E-state index in [1.54, 1.807) is 7.11 Å². The van der Waals surface area contributed by atoms with E-state index >= 15 is 0 Å². The first-order valence-corrected chi connectivity index (χ1v) is 16.7. The Labute approximate surface area is 275 Å². The first-order valence-electron chi connectivity index (χ1n) is 16.3. The number of halogens is 1. The summed E-state index contributed by atoms with van der Waals surface area (Å²) in [5.41, 5.74) is 15.3. The molecule has 4 atom stereocenters. The lowest BCUT2D eigenvalue weighted by molar-refractivity contribution is 0.0934. The molecule has 0 radical (unpaired) electrons. The molecule has 47 heavy (non-hydrogen) atoms. The maximum Gasteiger partial charge on any atom is 0.253 e. The van der Waals surface area contributed by atoms with Gasteiger partial charge in [0, 0.05) is 64.4 Å². The van der Waals surface area contributed by atoms with Gasteiger partial charge in [-0.1, -0.05) is 11.6 Å². The largest absolute Gasteiger partial charge is 0.497 e. The highest BCUT2D eigenvalue weighted by Gasteiger charge is 2.49. The maximum absolute atomic E-state index is 12.6. The van der Waals surface area contributed by atoms with E-state index < -0.39 is 0 Å². The molecule has 6 aliphatic rings. The van der Waals surface area contributed by atoms with Crippen LogP contribution in [0.1, 0.15) is 79.0 Å². The summed E-state index contributed by atoms with van der Waals surface area (Å²) in [5, 5.41) is 6.72. The van der Waals surface area contributed by atoms with Crippen LogP contribution in [-0.4, -0.2) is 50.9 Å². The lowest BCUT2D eigenvalue weighted by atomic mass is 9.88. The Morgan fingerprint density at radius 3 is 1.87 bits per heavy atom. The second-order valence-electron chi connectivity index (χ2n) is 13.5. The lowest BCUT2D eigenvalue weighted by Crippen LogP contribution is -2.31. The van der Waals surface area contributed by atoms with Gasteiger partial charge in [-0.3, -0.25) is 14.6 Å². The monoisotopic (exact) mass is 642 g/mol. The van der Waals surface area contributed by atoms with Crippen molar-refractivity contribution < 1.29 is 14.3 Å². The molecule has 0 spiro atoms. The minimum Gasteiger partial charge on any atom is -0.497 e. The van der Waals surface area contributed by atoms with Crippen molar-refractivity contribution in [1.82, 2.24) is 30.6 Å². The highest BCUT2D eigenvalue weighted by molar-refractivity contribution is 6.29. The zero-order valence-electron chi connectivity index (χ0n) is 25.7. The summed E-state index contributed by atoms with van der Waals surface area (Å²) >= 11 is 6.03. The molecule has 2 amide bonds. The number of methoxy groups -OCH3 is 1. The number of nitrogens with zero attached hydrogens (tertiary/aromatic N) is 2. The molecular formula is C37H31ClN6O3. The summed E-state index contributed by atoms with van der Waals surface area (Å²) in [6.07, 6.45) is 9.56. The van der Waals surface area contributed by atoms with Crippen LogP contribution in [0.4, 0.5) is 0 Å². The van der Waals surface area contributed by atoms with E-state index in [4.69, 9.17) is 16.3 Å². The van der Waals surface area contributed by atoms with Gasteiger partial charge in [-0.15, -0.1) is 0 Å². The number of benzene rings is 1. The number of aromatic nitrogens is 4. The molecule has 4 unspecified atom stereocenters. The third-order valence-corrected chi connectivity index (χ3v) is 11.0. The van der Waals surface area contributed by atoms with Gasteiger partial charge in [0.15, 0.2) is 0 Å². The van der Waals surface area contributed by atoms with Gasteiger partial charge in [0.05, 0.1) is 35.3 Å². The van der Waals surface area contributed by atoms with Crippen molar-refractivity contribution in [3.8, 4) is 39.5 Å².